The van der Waals surface area contributed by atoms with E-state index in [4.69, 9.17) is 24.0 Å². The molecule has 0 aliphatic carbocycles. The van der Waals surface area contributed by atoms with Crippen LogP contribution in [0.4, 0.5) is 5.69 Å². The van der Waals surface area contributed by atoms with Crippen LogP contribution in [0, 0.1) is 6.92 Å². The molecule has 4 heterocycles. The predicted molar refractivity (Wildman–Crippen MR) is 152 cm³/mol. The molecule has 0 spiro atoms. The number of allylic oxidation sites excluding steroid dienone is 1. The van der Waals surface area contributed by atoms with E-state index in [-0.39, 0.29) is 11.8 Å². The number of aliphatic hydroxyl groups excluding tert-OH is 5. The van der Waals surface area contributed by atoms with Gasteiger partial charge in [0.15, 0.2) is 16.8 Å². The van der Waals surface area contributed by atoms with Crippen molar-refractivity contribution in [3.63, 3.8) is 0 Å². The van der Waals surface area contributed by atoms with Gasteiger partial charge in [0.05, 0.1) is 24.2 Å². The molecule has 0 saturated carbocycles. The molecule has 6 unspecified atom stereocenters. The van der Waals surface area contributed by atoms with Crippen molar-refractivity contribution in [1.29, 1.82) is 0 Å². The molecule has 13 heteroatoms. The second-order valence-electron chi connectivity index (χ2n) is 11.1. The van der Waals surface area contributed by atoms with Gasteiger partial charge in [-0.2, -0.15) is 0 Å². The number of aryl methyl sites for hydroxylation is 1. The molecule has 2 aromatic rings. The van der Waals surface area contributed by atoms with Crippen molar-refractivity contribution in [3.8, 4) is 5.75 Å². The van der Waals surface area contributed by atoms with Crippen LogP contribution < -0.4 is 20.4 Å². The van der Waals surface area contributed by atoms with Crippen molar-refractivity contribution in [2.75, 3.05) is 38.3 Å². The Morgan fingerprint density at radius 2 is 1.98 bits per heavy atom. The van der Waals surface area contributed by atoms with Crippen LogP contribution in [-0.2, 0) is 16.2 Å². The Kier molecular flexibility index (Phi) is 8.83. The molecular formula is C29H37N3O10. The highest BCUT2D eigenvalue weighted by molar-refractivity contribution is 6.12. The first-order valence-electron chi connectivity index (χ1n) is 13.8. The summed E-state index contributed by atoms with van der Waals surface area (Å²) < 4.78 is 12.9. The molecule has 0 saturated heterocycles. The number of aliphatic hydroxyl groups is 5. The zero-order valence-electron chi connectivity index (χ0n) is 23.7. The number of hydrogen-bond donors (Lipinski definition) is 6. The van der Waals surface area contributed by atoms with Gasteiger partial charge in [0.1, 0.15) is 54.2 Å². The van der Waals surface area contributed by atoms with Crippen LogP contribution in [0.2, 0.25) is 0 Å². The second-order valence-corrected chi connectivity index (χ2v) is 11.1. The van der Waals surface area contributed by atoms with Gasteiger partial charge in [0.25, 0.3) is 0 Å². The molecule has 3 aliphatic rings. The summed E-state index contributed by atoms with van der Waals surface area (Å²) in [6.07, 6.45) is -1.15. The highest BCUT2D eigenvalue weighted by Gasteiger charge is 2.45. The zero-order chi connectivity index (χ0) is 30.2. The molecule has 42 heavy (non-hydrogen) atoms. The van der Waals surface area contributed by atoms with Gasteiger partial charge in [-0.05, 0) is 39.6 Å². The minimum absolute atomic E-state index is 0.194. The number of nitrogens with one attached hydrogen (secondary N) is 1. The number of ether oxygens (including phenoxy) is 1. The quantitative estimate of drug-likeness (QED) is 0.142. The molecule has 3 aliphatic heterocycles. The lowest BCUT2D eigenvalue weighted by Gasteiger charge is -2.42. The maximum absolute atomic E-state index is 13.1. The van der Waals surface area contributed by atoms with E-state index in [9.17, 15) is 25.2 Å². The number of aliphatic imine (C=N–C) groups is 1. The van der Waals surface area contributed by atoms with Crippen LogP contribution in [0.1, 0.15) is 24.7 Å². The molecule has 1 aromatic carbocycles. The Labute approximate surface area is 241 Å². The maximum Gasteiger partial charge on any atom is 0.193 e. The zero-order valence-corrected chi connectivity index (χ0v) is 23.7. The van der Waals surface area contributed by atoms with Crippen LogP contribution in [0.25, 0.3) is 11.0 Å². The van der Waals surface area contributed by atoms with Crippen molar-refractivity contribution >= 4 is 22.4 Å². The topological polar surface area (TPSA) is 187 Å². The van der Waals surface area contributed by atoms with E-state index in [1.807, 2.05) is 31.1 Å². The normalized spacial score (nSPS) is 24.1. The molecule has 6 atom stereocenters. The molecule has 5 rings (SSSR count). The van der Waals surface area contributed by atoms with Crippen LogP contribution in [-0.4, -0.2) is 101 Å². The Morgan fingerprint density at radius 3 is 2.69 bits per heavy atom. The lowest BCUT2D eigenvalue weighted by Crippen LogP contribution is -2.52. The standard InChI is InChI=1S/C29H37N3O10/c1-15-8-20(34)18-9-17-10-23(42-39-14-22(36)26(38)25(37)21(35)13-33)29(2,5-7-30-3)41-27(17)24(28(18)40-15)32-11-16-4-6-31-19(16)12-32/h4,6,8-9,11,21-23,25-26,30,33,35-38H,5,7,10,12-14H2,1-3H3. The van der Waals surface area contributed by atoms with Crippen molar-refractivity contribution in [1.82, 2.24) is 5.32 Å². The number of hydrogen-bond acceptors (Lipinski definition) is 13. The van der Waals surface area contributed by atoms with Gasteiger partial charge in [0.2, 0.25) is 0 Å². The molecule has 0 bridgehead atoms. The van der Waals surface area contributed by atoms with Gasteiger partial charge in [-0.25, -0.2) is 9.78 Å². The number of nitrogens with zero attached hydrogens (tertiary/aromatic N) is 2. The van der Waals surface area contributed by atoms with Crippen molar-refractivity contribution in [2.45, 2.75) is 62.8 Å². The fourth-order valence-electron chi connectivity index (χ4n) is 5.39. The Balaban J connectivity index is 1.47. The fourth-order valence-corrected chi connectivity index (χ4v) is 5.39. The average Bonchev–Trinajstić information content (AvgIpc) is 3.57. The summed E-state index contributed by atoms with van der Waals surface area (Å²) >= 11 is 0. The molecular weight excluding hydrogens is 550 g/mol. The van der Waals surface area contributed by atoms with Gasteiger partial charge in [0, 0.05) is 42.4 Å². The summed E-state index contributed by atoms with van der Waals surface area (Å²) in [6, 6.07) is 3.18. The molecule has 6 N–H and O–H groups in total. The van der Waals surface area contributed by atoms with Crippen LogP contribution in [0.3, 0.4) is 0 Å². The average molecular weight is 588 g/mol. The van der Waals surface area contributed by atoms with Gasteiger partial charge in [-0.1, -0.05) is 0 Å². The third-order valence-corrected chi connectivity index (χ3v) is 7.91. The first-order valence-corrected chi connectivity index (χ1v) is 13.8. The molecule has 0 fully saturated rings. The Hall–Kier alpha value is -3.14. The van der Waals surface area contributed by atoms with Crippen LogP contribution in [0.5, 0.6) is 5.75 Å². The monoisotopic (exact) mass is 587 g/mol. The van der Waals surface area contributed by atoms with Crippen molar-refractivity contribution in [2.24, 2.45) is 4.99 Å². The molecule has 0 radical (unpaired) electrons. The van der Waals surface area contributed by atoms with E-state index >= 15 is 0 Å². The van der Waals surface area contributed by atoms with E-state index in [1.165, 1.54) is 6.07 Å². The fraction of sp³-hybridized carbons (Fsp3) is 0.517. The minimum atomic E-state index is -1.79. The maximum atomic E-state index is 13.1. The highest BCUT2D eigenvalue weighted by atomic mass is 17.2. The number of fused-ring (bicyclic) bond motifs is 3. The van der Waals surface area contributed by atoms with Crippen LogP contribution in [0.15, 0.2) is 50.4 Å². The summed E-state index contributed by atoms with van der Waals surface area (Å²) in [5.41, 5.74) is 2.45. The van der Waals surface area contributed by atoms with Gasteiger partial charge in [-0.15, -0.1) is 0 Å². The smallest absolute Gasteiger partial charge is 0.193 e. The van der Waals surface area contributed by atoms with E-state index in [2.05, 4.69) is 10.3 Å². The third kappa shape index (κ3) is 5.74. The summed E-state index contributed by atoms with van der Waals surface area (Å²) in [4.78, 5) is 30.6. The first kappa shape index (κ1) is 30.3. The largest absolute Gasteiger partial charge is 0.482 e. The summed E-state index contributed by atoms with van der Waals surface area (Å²) in [5.74, 6) is 1.02. The summed E-state index contributed by atoms with van der Waals surface area (Å²) in [5, 5.41) is 52.3. The Bertz CT molecular complexity index is 1470. The first-order chi connectivity index (χ1) is 20.1. The van der Waals surface area contributed by atoms with E-state index < -0.39 is 49.3 Å². The minimum Gasteiger partial charge on any atom is -0.482 e. The SMILES string of the molecule is CNCCC1(C)Oc2c(cc3c(=O)cc(C)oc3c2N2C=C3C=CN=C3C2)CC1OOCC(O)C(O)C(O)C(O)CO. The van der Waals surface area contributed by atoms with Gasteiger partial charge in [-0.3, -0.25) is 9.79 Å². The van der Waals surface area contributed by atoms with Gasteiger partial charge < -0.3 is 44.9 Å². The van der Waals surface area contributed by atoms with Gasteiger partial charge >= 0.3 is 0 Å². The highest BCUT2D eigenvalue weighted by Crippen LogP contribution is 2.47. The van der Waals surface area contributed by atoms with E-state index in [0.29, 0.717) is 53.2 Å². The van der Waals surface area contributed by atoms with Crippen LogP contribution >= 0.6 is 0 Å². The second kappa shape index (κ2) is 12.2. The molecule has 1 aromatic heterocycles. The predicted octanol–water partition coefficient (Wildman–Crippen LogP) is -0.171. The third-order valence-electron chi connectivity index (χ3n) is 7.91. The number of rotatable bonds is 12. The molecule has 228 valence electrons. The molecule has 0 amide bonds. The van der Waals surface area contributed by atoms with Crippen molar-refractivity contribution < 1.29 is 44.5 Å². The van der Waals surface area contributed by atoms with Crippen molar-refractivity contribution in [3.05, 3.63) is 57.7 Å². The number of benzene rings is 1. The Morgan fingerprint density at radius 1 is 1.21 bits per heavy atom. The lowest BCUT2D eigenvalue weighted by molar-refractivity contribution is -0.360. The lowest BCUT2D eigenvalue weighted by atomic mass is 9.86. The summed E-state index contributed by atoms with van der Waals surface area (Å²) in [6.45, 7) is 3.32. The number of anilines is 1. The van der Waals surface area contributed by atoms with E-state index in [0.717, 1.165) is 11.3 Å². The molecule has 13 nitrogen and oxygen atoms in total. The van der Waals surface area contributed by atoms with E-state index in [1.54, 1.807) is 19.2 Å². The summed E-state index contributed by atoms with van der Waals surface area (Å²) in [7, 11) is 1.82.